The lowest BCUT2D eigenvalue weighted by Crippen LogP contribution is -2.08. The van der Waals surface area contributed by atoms with Crippen LogP contribution < -0.4 is 14.8 Å². The van der Waals surface area contributed by atoms with Crippen LogP contribution >= 0.6 is 0 Å². The topological polar surface area (TPSA) is 60.7 Å². The van der Waals surface area contributed by atoms with E-state index in [9.17, 15) is 4.79 Å². The first-order valence-corrected chi connectivity index (χ1v) is 8.27. The highest BCUT2D eigenvalue weighted by Gasteiger charge is 2.07. The summed E-state index contributed by atoms with van der Waals surface area (Å²) in [5.41, 5.74) is 0.579. The van der Waals surface area contributed by atoms with Crippen LogP contribution in [0, 0.1) is 0 Å². The number of hydrogen-bond donors (Lipinski definition) is 1. The van der Waals surface area contributed by atoms with Crippen LogP contribution in [0.1, 0.15) is 12.7 Å². The number of anilines is 1. The molecule has 0 fully saturated rings. The van der Waals surface area contributed by atoms with Crippen LogP contribution in [-0.2, 0) is 4.79 Å². The van der Waals surface area contributed by atoms with Gasteiger partial charge in [0.25, 0.3) is 0 Å². The van der Waals surface area contributed by atoms with Crippen molar-refractivity contribution in [3.63, 3.8) is 0 Å². The Kier molecular flexibility index (Phi) is 5.72. The van der Waals surface area contributed by atoms with E-state index < -0.39 is 0 Å². The van der Waals surface area contributed by atoms with Crippen molar-refractivity contribution >= 4 is 17.7 Å². The Bertz CT molecular complexity index is 867. The van der Waals surface area contributed by atoms with Gasteiger partial charge in [-0.1, -0.05) is 12.1 Å². The Morgan fingerprint density at radius 3 is 2.54 bits per heavy atom. The number of hydrogen-bond acceptors (Lipinski definition) is 4. The summed E-state index contributed by atoms with van der Waals surface area (Å²) in [5.74, 6) is 2.32. The van der Waals surface area contributed by atoms with Gasteiger partial charge in [0.1, 0.15) is 17.3 Å². The minimum atomic E-state index is -0.274. The van der Waals surface area contributed by atoms with E-state index in [2.05, 4.69) is 5.32 Å². The van der Waals surface area contributed by atoms with Gasteiger partial charge in [0.15, 0.2) is 5.75 Å². The third-order valence-electron chi connectivity index (χ3n) is 3.45. The average molecular weight is 349 g/mol. The van der Waals surface area contributed by atoms with Gasteiger partial charge in [-0.3, -0.25) is 4.79 Å². The van der Waals surface area contributed by atoms with Gasteiger partial charge >= 0.3 is 0 Å². The van der Waals surface area contributed by atoms with E-state index in [4.69, 9.17) is 13.9 Å². The van der Waals surface area contributed by atoms with Crippen LogP contribution in [0.15, 0.2) is 77.4 Å². The molecule has 0 bridgehead atoms. The summed E-state index contributed by atoms with van der Waals surface area (Å²) in [6.07, 6.45) is 4.56. The number of carbonyl (C=O) groups is 1. The monoisotopic (exact) mass is 349 g/mol. The standard InChI is InChI=1S/C21H19NO4/c1-2-24-17-9-11-18(12-10-17)26-20-8-4-3-7-19(20)22-21(23)14-13-16-6-5-15-25-16/h3-15H,2H2,1H3,(H,22,23)/b14-13+. The molecule has 0 saturated heterocycles. The fourth-order valence-electron chi connectivity index (χ4n) is 2.27. The first kappa shape index (κ1) is 17.4. The molecule has 1 N–H and O–H groups in total. The molecule has 3 aromatic rings. The SMILES string of the molecule is CCOc1ccc(Oc2ccccc2NC(=O)/C=C/c2ccco2)cc1. The van der Waals surface area contributed by atoms with Crippen molar-refractivity contribution in [3.8, 4) is 17.2 Å². The smallest absolute Gasteiger partial charge is 0.248 e. The number of ether oxygens (including phenoxy) is 2. The molecule has 1 amide bonds. The quantitative estimate of drug-likeness (QED) is 0.601. The zero-order chi connectivity index (χ0) is 18.2. The lowest BCUT2D eigenvalue weighted by atomic mass is 10.2. The summed E-state index contributed by atoms with van der Waals surface area (Å²) in [6.45, 7) is 2.55. The lowest BCUT2D eigenvalue weighted by molar-refractivity contribution is -0.111. The minimum Gasteiger partial charge on any atom is -0.494 e. The number of nitrogens with one attached hydrogen (secondary N) is 1. The van der Waals surface area contributed by atoms with Crippen molar-refractivity contribution in [2.24, 2.45) is 0 Å². The molecule has 0 saturated carbocycles. The van der Waals surface area contributed by atoms with Crippen molar-refractivity contribution in [1.29, 1.82) is 0 Å². The maximum atomic E-state index is 12.1. The van der Waals surface area contributed by atoms with E-state index in [1.807, 2.05) is 43.3 Å². The molecule has 2 aromatic carbocycles. The van der Waals surface area contributed by atoms with Crippen LogP contribution in [0.5, 0.6) is 17.2 Å². The molecule has 0 spiro atoms. The number of carbonyl (C=O) groups excluding carboxylic acids is 1. The third kappa shape index (κ3) is 4.77. The van der Waals surface area contributed by atoms with Crippen molar-refractivity contribution in [1.82, 2.24) is 0 Å². The minimum absolute atomic E-state index is 0.274. The second-order valence-corrected chi connectivity index (χ2v) is 5.34. The van der Waals surface area contributed by atoms with Gasteiger partial charge in [-0.2, -0.15) is 0 Å². The normalized spacial score (nSPS) is 10.7. The van der Waals surface area contributed by atoms with Crippen LogP contribution in [-0.4, -0.2) is 12.5 Å². The van der Waals surface area contributed by atoms with E-state index in [-0.39, 0.29) is 5.91 Å². The van der Waals surface area contributed by atoms with Crippen molar-refractivity contribution in [2.45, 2.75) is 6.92 Å². The second kappa shape index (κ2) is 8.58. The van der Waals surface area contributed by atoms with E-state index >= 15 is 0 Å². The molecule has 0 unspecified atom stereocenters. The molecule has 5 nitrogen and oxygen atoms in total. The molecular formula is C21H19NO4. The van der Waals surface area contributed by atoms with Crippen molar-refractivity contribution < 1.29 is 18.7 Å². The fraction of sp³-hybridized carbons (Fsp3) is 0.0952. The van der Waals surface area contributed by atoms with Gasteiger partial charge < -0.3 is 19.2 Å². The summed E-state index contributed by atoms with van der Waals surface area (Å²) in [6, 6.07) is 18.1. The number of benzene rings is 2. The highest BCUT2D eigenvalue weighted by atomic mass is 16.5. The van der Waals surface area contributed by atoms with Crippen molar-refractivity contribution in [2.75, 3.05) is 11.9 Å². The van der Waals surface area contributed by atoms with E-state index in [0.29, 0.717) is 29.6 Å². The number of furan rings is 1. The Morgan fingerprint density at radius 2 is 1.81 bits per heavy atom. The van der Waals surface area contributed by atoms with Gasteiger partial charge in [0, 0.05) is 6.08 Å². The Labute approximate surface area is 151 Å². The molecule has 5 heteroatoms. The number of para-hydroxylation sites is 2. The summed E-state index contributed by atoms with van der Waals surface area (Å²) in [4.78, 5) is 12.1. The molecule has 0 aliphatic heterocycles. The molecule has 0 aliphatic carbocycles. The lowest BCUT2D eigenvalue weighted by Gasteiger charge is -2.12. The summed E-state index contributed by atoms with van der Waals surface area (Å²) < 4.78 is 16.5. The maximum absolute atomic E-state index is 12.1. The highest BCUT2D eigenvalue weighted by molar-refractivity contribution is 6.02. The number of rotatable bonds is 7. The molecular weight excluding hydrogens is 330 g/mol. The molecule has 0 radical (unpaired) electrons. The van der Waals surface area contributed by atoms with Crippen LogP contribution in [0.3, 0.4) is 0 Å². The number of amides is 1. The fourth-order valence-corrected chi connectivity index (χ4v) is 2.27. The Morgan fingerprint density at radius 1 is 1.04 bits per heavy atom. The molecule has 1 heterocycles. The predicted molar refractivity (Wildman–Crippen MR) is 100 cm³/mol. The first-order valence-electron chi connectivity index (χ1n) is 8.27. The summed E-state index contributed by atoms with van der Waals surface area (Å²) >= 11 is 0. The van der Waals surface area contributed by atoms with Gasteiger partial charge in [0.05, 0.1) is 18.6 Å². The zero-order valence-electron chi connectivity index (χ0n) is 14.3. The Hall–Kier alpha value is -3.47. The molecule has 132 valence electrons. The Balaban J connectivity index is 1.68. The van der Waals surface area contributed by atoms with Gasteiger partial charge in [-0.25, -0.2) is 0 Å². The summed E-state index contributed by atoms with van der Waals surface area (Å²) in [5, 5.41) is 2.81. The van der Waals surface area contributed by atoms with Crippen LogP contribution in [0.2, 0.25) is 0 Å². The molecule has 26 heavy (non-hydrogen) atoms. The molecule has 3 rings (SSSR count). The predicted octanol–water partition coefficient (Wildman–Crippen LogP) is 5.12. The summed E-state index contributed by atoms with van der Waals surface area (Å²) in [7, 11) is 0. The van der Waals surface area contributed by atoms with E-state index in [1.165, 1.54) is 6.08 Å². The first-order chi connectivity index (χ1) is 12.7. The van der Waals surface area contributed by atoms with E-state index in [0.717, 1.165) is 5.75 Å². The second-order valence-electron chi connectivity index (χ2n) is 5.34. The van der Waals surface area contributed by atoms with Crippen LogP contribution in [0.4, 0.5) is 5.69 Å². The van der Waals surface area contributed by atoms with E-state index in [1.54, 1.807) is 36.6 Å². The maximum Gasteiger partial charge on any atom is 0.248 e. The van der Waals surface area contributed by atoms with Gasteiger partial charge in [-0.15, -0.1) is 0 Å². The molecule has 0 atom stereocenters. The van der Waals surface area contributed by atoms with Crippen molar-refractivity contribution in [3.05, 3.63) is 78.8 Å². The molecule has 1 aromatic heterocycles. The largest absolute Gasteiger partial charge is 0.494 e. The van der Waals surface area contributed by atoms with Gasteiger partial charge in [0.2, 0.25) is 5.91 Å². The van der Waals surface area contributed by atoms with Gasteiger partial charge in [-0.05, 0) is 61.5 Å². The highest BCUT2D eigenvalue weighted by Crippen LogP contribution is 2.30. The zero-order valence-corrected chi connectivity index (χ0v) is 14.3. The van der Waals surface area contributed by atoms with Crippen LogP contribution in [0.25, 0.3) is 6.08 Å². The molecule has 0 aliphatic rings. The average Bonchev–Trinajstić information content (AvgIpc) is 3.17. The third-order valence-corrected chi connectivity index (χ3v) is 3.45.